The molecule has 0 aromatic heterocycles. The Morgan fingerprint density at radius 2 is 1.60 bits per heavy atom. The second kappa shape index (κ2) is 5.24. The molecule has 0 saturated carbocycles. The van der Waals surface area contributed by atoms with Crippen LogP contribution in [-0.4, -0.2) is 17.4 Å². The van der Waals surface area contributed by atoms with Crippen LogP contribution in [-0.2, 0) is 0 Å². The van der Waals surface area contributed by atoms with Gasteiger partial charge in [0.2, 0.25) is 0 Å². The number of carboxylic acid groups (broad SMARTS) is 1. The highest BCUT2D eigenvalue weighted by Crippen LogP contribution is 2.33. The standard InChI is InChI=1S/C14H9F3O3/c15-14(16,17)20-12-4-2-1-3-11(12)9-5-7-10(8-6-9)13(18)19/h1-8H,(H,18,19). The van der Waals surface area contributed by atoms with Gasteiger partial charge in [-0.2, -0.15) is 0 Å². The molecule has 0 aliphatic heterocycles. The molecule has 0 saturated heterocycles. The van der Waals surface area contributed by atoms with E-state index >= 15 is 0 Å². The van der Waals surface area contributed by atoms with Crippen molar-refractivity contribution in [2.24, 2.45) is 0 Å². The minimum atomic E-state index is -4.78. The van der Waals surface area contributed by atoms with Crippen molar-refractivity contribution in [1.82, 2.24) is 0 Å². The summed E-state index contributed by atoms with van der Waals surface area (Å²) in [7, 11) is 0. The average molecular weight is 282 g/mol. The summed E-state index contributed by atoms with van der Waals surface area (Å²) in [4.78, 5) is 10.7. The molecule has 0 aliphatic rings. The van der Waals surface area contributed by atoms with Gasteiger partial charge in [0.05, 0.1) is 5.56 Å². The van der Waals surface area contributed by atoms with Crippen LogP contribution in [0.15, 0.2) is 48.5 Å². The van der Waals surface area contributed by atoms with Crippen LogP contribution >= 0.6 is 0 Å². The molecule has 0 aliphatic carbocycles. The first-order valence-electron chi connectivity index (χ1n) is 5.55. The maximum atomic E-state index is 12.3. The number of carboxylic acids is 1. The molecule has 3 nitrogen and oxygen atoms in total. The third kappa shape index (κ3) is 3.28. The summed E-state index contributed by atoms with van der Waals surface area (Å²) < 4.78 is 40.9. The third-order valence-corrected chi connectivity index (χ3v) is 2.56. The first-order valence-corrected chi connectivity index (χ1v) is 5.55. The number of alkyl halides is 3. The van der Waals surface area contributed by atoms with Gasteiger partial charge in [-0.1, -0.05) is 30.3 Å². The van der Waals surface area contributed by atoms with Crippen molar-refractivity contribution in [3.05, 3.63) is 54.1 Å². The number of hydrogen-bond donors (Lipinski definition) is 1. The molecule has 0 radical (unpaired) electrons. The second-order valence-corrected chi connectivity index (χ2v) is 3.93. The Kier molecular flexibility index (Phi) is 3.65. The van der Waals surface area contributed by atoms with Crippen LogP contribution in [0.5, 0.6) is 5.75 Å². The summed E-state index contributed by atoms with van der Waals surface area (Å²) in [6.45, 7) is 0. The van der Waals surface area contributed by atoms with Gasteiger partial charge < -0.3 is 9.84 Å². The fraction of sp³-hybridized carbons (Fsp3) is 0.0714. The van der Waals surface area contributed by atoms with Crippen molar-refractivity contribution in [3.8, 4) is 16.9 Å². The smallest absolute Gasteiger partial charge is 0.478 e. The van der Waals surface area contributed by atoms with Gasteiger partial charge in [0.1, 0.15) is 5.75 Å². The van der Waals surface area contributed by atoms with Gasteiger partial charge >= 0.3 is 12.3 Å². The highest BCUT2D eigenvalue weighted by Gasteiger charge is 2.32. The quantitative estimate of drug-likeness (QED) is 0.927. The molecule has 2 aromatic carbocycles. The highest BCUT2D eigenvalue weighted by molar-refractivity contribution is 5.88. The van der Waals surface area contributed by atoms with Gasteiger partial charge in [0.25, 0.3) is 0 Å². The van der Waals surface area contributed by atoms with Gasteiger partial charge in [-0.25, -0.2) is 4.79 Å². The number of para-hydroxylation sites is 1. The zero-order valence-corrected chi connectivity index (χ0v) is 10.0. The van der Waals surface area contributed by atoms with Crippen LogP contribution in [0.1, 0.15) is 10.4 Å². The number of rotatable bonds is 3. The van der Waals surface area contributed by atoms with E-state index in [-0.39, 0.29) is 16.9 Å². The molecule has 0 unspecified atom stereocenters. The van der Waals surface area contributed by atoms with E-state index in [2.05, 4.69) is 4.74 Å². The summed E-state index contributed by atoms with van der Waals surface area (Å²) in [6.07, 6.45) is -4.78. The molecule has 20 heavy (non-hydrogen) atoms. The number of aromatic carboxylic acids is 1. The van der Waals surface area contributed by atoms with Crippen molar-refractivity contribution in [1.29, 1.82) is 0 Å². The molecule has 1 N–H and O–H groups in total. The summed E-state index contributed by atoms with van der Waals surface area (Å²) in [5, 5.41) is 8.78. The fourth-order valence-electron chi connectivity index (χ4n) is 1.71. The molecular formula is C14H9F3O3. The Balaban J connectivity index is 2.39. The van der Waals surface area contributed by atoms with E-state index in [1.165, 1.54) is 42.5 Å². The molecule has 6 heteroatoms. The minimum Gasteiger partial charge on any atom is -0.478 e. The summed E-state index contributed by atoms with van der Waals surface area (Å²) >= 11 is 0. The first kappa shape index (κ1) is 13.9. The Labute approximate surface area is 112 Å². The molecule has 0 fully saturated rings. The number of carbonyl (C=O) groups is 1. The van der Waals surface area contributed by atoms with E-state index in [0.717, 1.165) is 0 Å². The van der Waals surface area contributed by atoms with Gasteiger partial charge in [-0.05, 0) is 23.8 Å². The van der Waals surface area contributed by atoms with Crippen molar-refractivity contribution in [3.63, 3.8) is 0 Å². The molecule has 0 heterocycles. The lowest BCUT2D eigenvalue weighted by Gasteiger charge is -2.13. The van der Waals surface area contributed by atoms with E-state index in [4.69, 9.17) is 5.11 Å². The van der Waals surface area contributed by atoms with Gasteiger partial charge in [0, 0.05) is 5.56 Å². The lowest BCUT2D eigenvalue weighted by molar-refractivity contribution is -0.274. The topological polar surface area (TPSA) is 46.5 Å². The SMILES string of the molecule is O=C(O)c1ccc(-c2ccccc2OC(F)(F)F)cc1. The molecule has 104 valence electrons. The van der Waals surface area contributed by atoms with E-state index in [1.807, 2.05) is 0 Å². The molecule has 0 amide bonds. The monoisotopic (exact) mass is 282 g/mol. The van der Waals surface area contributed by atoms with Crippen LogP contribution in [0.25, 0.3) is 11.1 Å². The van der Waals surface area contributed by atoms with Crippen LogP contribution in [0.2, 0.25) is 0 Å². The van der Waals surface area contributed by atoms with Gasteiger partial charge in [-0.15, -0.1) is 13.2 Å². The van der Waals surface area contributed by atoms with E-state index in [9.17, 15) is 18.0 Å². The van der Waals surface area contributed by atoms with E-state index in [0.29, 0.717) is 5.56 Å². The first-order chi connectivity index (χ1) is 9.37. The summed E-state index contributed by atoms with van der Waals surface area (Å²) in [5.41, 5.74) is 0.736. The summed E-state index contributed by atoms with van der Waals surface area (Å²) in [5.74, 6) is -1.43. The zero-order valence-electron chi connectivity index (χ0n) is 10.0. The minimum absolute atomic E-state index is 0.0583. The van der Waals surface area contributed by atoms with Crippen LogP contribution < -0.4 is 4.74 Å². The fourth-order valence-corrected chi connectivity index (χ4v) is 1.71. The molecule has 0 atom stereocenters. The number of ether oxygens (including phenoxy) is 1. The molecule has 2 rings (SSSR count). The molecule has 2 aromatic rings. The molecule has 0 spiro atoms. The largest absolute Gasteiger partial charge is 0.573 e. The predicted octanol–water partition coefficient (Wildman–Crippen LogP) is 3.95. The Bertz CT molecular complexity index is 618. The average Bonchev–Trinajstić information content (AvgIpc) is 2.37. The van der Waals surface area contributed by atoms with Crippen molar-refractivity contribution >= 4 is 5.97 Å². The third-order valence-electron chi connectivity index (χ3n) is 2.56. The van der Waals surface area contributed by atoms with Gasteiger partial charge in [-0.3, -0.25) is 0 Å². The maximum absolute atomic E-state index is 12.3. The van der Waals surface area contributed by atoms with E-state index in [1.54, 1.807) is 6.07 Å². The highest BCUT2D eigenvalue weighted by atomic mass is 19.4. The normalized spacial score (nSPS) is 11.2. The predicted molar refractivity (Wildman–Crippen MR) is 65.5 cm³/mol. The Hall–Kier alpha value is -2.50. The van der Waals surface area contributed by atoms with Crippen molar-refractivity contribution in [2.75, 3.05) is 0 Å². The zero-order chi connectivity index (χ0) is 14.8. The molecule has 0 bridgehead atoms. The van der Waals surface area contributed by atoms with Crippen LogP contribution in [0, 0.1) is 0 Å². The lowest BCUT2D eigenvalue weighted by Crippen LogP contribution is -2.17. The summed E-state index contributed by atoms with van der Waals surface area (Å²) in [6, 6.07) is 11.2. The second-order valence-electron chi connectivity index (χ2n) is 3.93. The van der Waals surface area contributed by atoms with E-state index < -0.39 is 12.3 Å². The van der Waals surface area contributed by atoms with Crippen molar-refractivity contribution in [2.45, 2.75) is 6.36 Å². The molecular weight excluding hydrogens is 273 g/mol. The van der Waals surface area contributed by atoms with Crippen molar-refractivity contribution < 1.29 is 27.8 Å². The van der Waals surface area contributed by atoms with Crippen LogP contribution in [0.4, 0.5) is 13.2 Å². The van der Waals surface area contributed by atoms with Crippen LogP contribution in [0.3, 0.4) is 0 Å². The number of benzene rings is 2. The number of hydrogen-bond acceptors (Lipinski definition) is 2. The maximum Gasteiger partial charge on any atom is 0.573 e. The lowest BCUT2D eigenvalue weighted by atomic mass is 10.0. The number of halogens is 3. The Morgan fingerprint density at radius 3 is 2.15 bits per heavy atom. The van der Waals surface area contributed by atoms with Gasteiger partial charge in [0.15, 0.2) is 0 Å². The Morgan fingerprint density at radius 1 is 1.00 bits per heavy atom.